The Morgan fingerprint density at radius 1 is 1.33 bits per heavy atom. The Morgan fingerprint density at radius 3 is 2.52 bits per heavy atom. The second kappa shape index (κ2) is 7.83. The van der Waals surface area contributed by atoms with Gasteiger partial charge in [-0.1, -0.05) is 26.1 Å². The molecule has 21 heavy (non-hydrogen) atoms. The molecule has 0 aliphatic rings. The van der Waals surface area contributed by atoms with Crippen molar-refractivity contribution in [2.45, 2.75) is 26.9 Å². The lowest BCUT2D eigenvalue weighted by atomic mass is 10.2. The maximum absolute atomic E-state index is 11.9. The number of carbonyl (C=O) groups excluding carboxylic acids is 1. The summed E-state index contributed by atoms with van der Waals surface area (Å²) in [6, 6.07) is 5.12. The number of benzene rings is 1. The molecule has 1 amide bonds. The number of hydrogen-bond donors (Lipinski definition) is 2. The first kappa shape index (κ1) is 17.2. The molecule has 1 atom stereocenters. The van der Waals surface area contributed by atoms with E-state index in [4.69, 9.17) is 27.4 Å². The zero-order valence-electron chi connectivity index (χ0n) is 12.8. The van der Waals surface area contributed by atoms with Crippen LogP contribution in [0.5, 0.6) is 11.5 Å². The summed E-state index contributed by atoms with van der Waals surface area (Å²) in [5, 5.41) is 2.82. The van der Waals surface area contributed by atoms with Gasteiger partial charge in [-0.2, -0.15) is 0 Å². The van der Waals surface area contributed by atoms with Crippen molar-refractivity contribution in [3.8, 4) is 11.5 Å². The molecule has 5 nitrogen and oxygen atoms in total. The van der Waals surface area contributed by atoms with Gasteiger partial charge in [-0.15, -0.1) is 0 Å². The smallest absolute Gasteiger partial charge is 0.260 e. The third-order valence-electron chi connectivity index (χ3n) is 2.81. The molecule has 1 unspecified atom stereocenters. The van der Waals surface area contributed by atoms with Crippen molar-refractivity contribution < 1.29 is 14.3 Å². The average molecular weight is 310 g/mol. The van der Waals surface area contributed by atoms with Crippen molar-refractivity contribution in [3.63, 3.8) is 0 Å². The van der Waals surface area contributed by atoms with E-state index in [0.717, 1.165) is 0 Å². The maximum atomic E-state index is 11.9. The van der Waals surface area contributed by atoms with Crippen LogP contribution < -0.4 is 20.5 Å². The minimum Gasteiger partial charge on any atom is -0.493 e. The highest BCUT2D eigenvalue weighted by Gasteiger charge is 2.17. The number of thiocarbonyl (C=S) groups is 1. The fourth-order valence-electron chi connectivity index (χ4n) is 1.61. The molecule has 0 aromatic heterocycles. The first-order valence-electron chi connectivity index (χ1n) is 6.77. The Kier molecular flexibility index (Phi) is 6.42. The van der Waals surface area contributed by atoms with Crippen LogP contribution in [0.1, 0.15) is 26.3 Å². The number of amides is 1. The molecule has 6 heteroatoms. The lowest BCUT2D eigenvalue weighted by Gasteiger charge is -2.17. The fraction of sp³-hybridized carbons (Fsp3) is 0.467. The first-order valence-corrected chi connectivity index (χ1v) is 7.18. The van der Waals surface area contributed by atoms with E-state index in [0.29, 0.717) is 29.5 Å². The number of nitrogens with two attached hydrogens (primary N) is 1. The van der Waals surface area contributed by atoms with Crippen LogP contribution in [0.4, 0.5) is 0 Å². The summed E-state index contributed by atoms with van der Waals surface area (Å²) < 4.78 is 10.9. The van der Waals surface area contributed by atoms with Gasteiger partial charge in [0.25, 0.3) is 5.91 Å². The van der Waals surface area contributed by atoms with Crippen LogP contribution >= 0.6 is 12.2 Å². The summed E-state index contributed by atoms with van der Waals surface area (Å²) in [5.74, 6) is 1.19. The lowest BCUT2D eigenvalue weighted by Crippen LogP contribution is -2.38. The molecule has 0 radical (unpaired) electrons. The molecule has 0 bridgehead atoms. The van der Waals surface area contributed by atoms with Crippen molar-refractivity contribution in [2.75, 3.05) is 13.7 Å². The standard InChI is InChI=1S/C15H22N2O3S/c1-9(2)8-17-15(18)10(3)20-12-6-5-11(14(16)21)7-13(12)19-4/h5-7,9-10H,8H2,1-4H3,(H2,16,21)(H,17,18). The number of carbonyl (C=O) groups is 1. The predicted molar refractivity (Wildman–Crippen MR) is 86.8 cm³/mol. The number of methoxy groups -OCH3 is 1. The largest absolute Gasteiger partial charge is 0.493 e. The summed E-state index contributed by atoms with van der Waals surface area (Å²) >= 11 is 4.92. The molecule has 0 fully saturated rings. The normalized spacial score (nSPS) is 11.9. The van der Waals surface area contributed by atoms with Gasteiger partial charge in [0, 0.05) is 12.1 Å². The van der Waals surface area contributed by atoms with Crippen LogP contribution in [-0.4, -0.2) is 30.7 Å². The lowest BCUT2D eigenvalue weighted by molar-refractivity contribution is -0.127. The molecule has 116 valence electrons. The number of rotatable bonds is 7. The van der Waals surface area contributed by atoms with E-state index in [9.17, 15) is 4.79 Å². The third-order valence-corrected chi connectivity index (χ3v) is 3.04. The molecule has 3 N–H and O–H groups in total. The molecule has 1 aromatic rings. The van der Waals surface area contributed by atoms with Gasteiger partial charge in [-0.25, -0.2) is 0 Å². The Morgan fingerprint density at radius 2 is 2.00 bits per heavy atom. The van der Waals surface area contributed by atoms with E-state index in [1.54, 1.807) is 25.1 Å². The molecule has 0 aliphatic carbocycles. The molecule has 1 aromatic carbocycles. The Balaban J connectivity index is 2.77. The third kappa shape index (κ3) is 5.23. The summed E-state index contributed by atoms with van der Waals surface area (Å²) in [4.78, 5) is 12.2. The highest BCUT2D eigenvalue weighted by atomic mass is 32.1. The second-order valence-corrected chi connectivity index (χ2v) is 5.57. The van der Waals surface area contributed by atoms with Crippen LogP contribution in [0, 0.1) is 5.92 Å². The molecule has 0 saturated heterocycles. The van der Waals surface area contributed by atoms with E-state index in [2.05, 4.69) is 5.32 Å². The van der Waals surface area contributed by atoms with Gasteiger partial charge in [-0.3, -0.25) is 4.79 Å². The summed E-state index contributed by atoms with van der Waals surface area (Å²) in [7, 11) is 1.52. The predicted octanol–water partition coefficient (Wildman–Crippen LogP) is 1.87. The Hall–Kier alpha value is -1.82. The number of nitrogens with one attached hydrogen (secondary N) is 1. The van der Waals surface area contributed by atoms with E-state index in [1.165, 1.54) is 7.11 Å². The van der Waals surface area contributed by atoms with Gasteiger partial charge in [0.15, 0.2) is 17.6 Å². The molecular weight excluding hydrogens is 288 g/mol. The van der Waals surface area contributed by atoms with Crippen LogP contribution in [0.25, 0.3) is 0 Å². The fourth-order valence-corrected chi connectivity index (χ4v) is 1.74. The number of ether oxygens (including phenoxy) is 2. The van der Waals surface area contributed by atoms with Crippen molar-refractivity contribution >= 4 is 23.1 Å². The van der Waals surface area contributed by atoms with Gasteiger partial charge in [0.1, 0.15) is 4.99 Å². The van der Waals surface area contributed by atoms with E-state index >= 15 is 0 Å². The van der Waals surface area contributed by atoms with E-state index in [-0.39, 0.29) is 10.9 Å². The van der Waals surface area contributed by atoms with Crippen molar-refractivity contribution in [3.05, 3.63) is 23.8 Å². The van der Waals surface area contributed by atoms with Crippen LogP contribution in [0.15, 0.2) is 18.2 Å². The van der Waals surface area contributed by atoms with Crippen molar-refractivity contribution in [2.24, 2.45) is 11.7 Å². The summed E-state index contributed by atoms with van der Waals surface area (Å²) in [6.07, 6.45) is -0.617. The highest BCUT2D eigenvalue weighted by molar-refractivity contribution is 7.80. The molecule has 0 heterocycles. The topological polar surface area (TPSA) is 73.6 Å². The molecule has 0 saturated carbocycles. The highest BCUT2D eigenvalue weighted by Crippen LogP contribution is 2.29. The molecule has 0 spiro atoms. The van der Waals surface area contributed by atoms with E-state index < -0.39 is 6.10 Å². The molecule has 0 aliphatic heterocycles. The van der Waals surface area contributed by atoms with E-state index in [1.807, 2.05) is 13.8 Å². The van der Waals surface area contributed by atoms with Gasteiger partial charge in [0.2, 0.25) is 0 Å². The van der Waals surface area contributed by atoms with Crippen LogP contribution in [-0.2, 0) is 4.79 Å². The summed E-state index contributed by atoms with van der Waals surface area (Å²) in [5.41, 5.74) is 6.26. The molecular formula is C15H22N2O3S. The minimum atomic E-state index is -0.617. The van der Waals surface area contributed by atoms with Crippen LogP contribution in [0.2, 0.25) is 0 Å². The SMILES string of the molecule is COc1cc(C(N)=S)ccc1OC(C)C(=O)NCC(C)C. The second-order valence-electron chi connectivity index (χ2n) is 5.13. The zero-order chi connectivity index (χ0) is 16.0. The van der Waals surface area contributed by atoms with Crippen molar-refractivity contribution in [1.29, 1.82) is 0 Å². The zero-order valence-corrected chi connectivity index (χ0v) is 13.6. The summed E-state index contributed by atoms with van der Waals surface area (Å²) in [6.45, 7) is 6.37. The minimum absolute atomic E-state index is 0.163. The maximum Gasteiger partial charge on any atom is 0.260 e. The van der Waals surface area contributed by atoms with Gasteiger partial charge >= 0.3 is 0 Å². The number of hydrogen-bond acceptors (Lipinski definition) is 4. The Bertz CT molecular complexity index is 518. The monoisotopic (exact) mass is 310 g/mol. The van der Waals surface area contributed by atoms with Crippen LogP contribution in [0.3, 0.4) is 0 Å². The van der Waals surface area contributed by atoms with Crippen molar-refractivity contribution in [1.82, 2.24) is 5.32 Å². The van der Waals surface area contributed by atoms with Gasteiger partial charge < -0.3 is 20.5 Å². The Labute approximate surface area is 130 Å². The molecule has 1 rings (SSSR count). The average Bonchev–Trinajstić information content (AvgIpc) is 2.44. The van der Waals surface area contributed by atoms with Gasteiger partial charge in [0.05, 0.1) is 7.11 Å². The first-order chi connectivity index (χ1) is 9.85. The van der Waals surface area contributed by atoms with Gasteiger partial charge in [-0.05, 0) is 31.0 Å². The quantitative estimate of drug-likeness (QED) is 0.752.